The Balaban J connectivity index is 1.97. The third kappa shape index (κ3) is 5.80. The first-order valence-corrected chi connectivity index (χ1v) is 8.46. The molecular weight excluding hydrogens is 366 g/mol. The van der Waals surface area contributed by atoms with Gasteiger partial charge in [0.25, 0.3) is 0 Å². The first-order valence-electron chi connectivity index (χ1n) is 8.46. The number of benzene rings is 2. The van der Waals surface area contributed by atoms with Crippen molar-refractivity contribution in [3.63, 3.8) is 0 Å². The molecule has 2 aromatic rings. The van der Waals surface area contributed by atoms with Gasteiger partial charge in [-0.05, 0) is 35.4 Å². The highest BCUT2D eigenvalue weighted by Gasteiger charge is 2.23. The summed E-state index contributed by atoms with van der Waals surface area (Å²) in [6, 6.07) is 10.5. The Morgan fingerprint density at radius 3 is 2.21 bits per heavy atom. The van der Waals surface area contributed by atoms with E-state index in [-0.39, 0.29) is 18.8 Å². The van der Waals surface area contributed by atoms with Gasteiger partial charge < -0.3 is 29.4 Å². The van der Waals surface area contributed by atoms with Gasteiger partial charge in [-0.2, -0.15) is 0 Å². The summed E-state index contributed by atoms with van der Waals surface area (Å²) in [5.41, 5.74) is 1.44. The predicted molar refractivity (Wildman–Crippen MR) is 100 cm³/mol. The first-order chi connectivity index (χ1) is 13.5. The molecule has 8 heteroatoms. The van der Waals surface area contributed by atoms with E-state index in [9.17, 15) is 14.7 Å². The Labute approximate surface area is 163 Å². The number of rotatable bonds is 8. The second-order valence-electron chi connectivity index (χ2n) is 5.86. The number of methoxy groups -OCH3 is 3. The van der Waals surface area contributed by atoms with Gasteiger partial charge in [0, 0.05) is 6.42 Å². The fraction of sp³-hybridized carbons (Fsp3) is 0.300. The summed E-state index contributed by atoms with van der Waals surface area (Å²) in [7, 11) is 4.28. The van der Waals surface area contributed by atoms with Gasteiger partial charge in [-0.1, -0.05) is 18.2 Å². The molecule has 0 radical (unpaired) electrons. The SMILES string of the molecule is COC(=O)C(Cc1ccc(O)cc1)NC(=O)OCc1ccc(OC)c(OC)c1. The van der Waals surface area contributed by atoms with Gasteiger partial charge in [0.15, 0.2) is 11.5 Å². The number of phenolic OH excluding ortho intramolecular Hbond substituents is 1. The number of esters is 1. The minimum atomic E-state index is -0.924. The largest absolute Gasteiger partial charge is 0.508 e. The van der Waals surface area contributed by atoms with E-state index in [4.69, 9.17) is 18.9 Å². The van der Waals surface area contributed by atoms with Crippen LogP contribution in [0.2, 0.25) is 0 Å². The van der Waals surface area contributed by atoms with Gasteiger partial charge in [-0.3, -0.25) is 0 Å². The highest BCUT2D eigenvalue weighted by Crippen LogP contribution is 2.27. The van der Waals surface area contributed by atoms with Crippen LogP contribution in [0.15, 0.2) is 42.5 Å². The van der Waals surface area contributed by atoms with Crippen molar-refractivity contribution >= 4 is 12.1 Å². The van der Waals surface area contributed by atoms with Crippen LogP contribution in [0.4, 0.5) is 4.79 Å². The highest BCUT2D eigenvalue weighted by atomic mass is 16.6. The maximum absolute atomic E-state index is 12.1. The minimum Gasteiger partial charge on any atom is -0.508 e. The Bertz CT molecular complexity index is 805. The molecule has 1 atom stereocenters. The number of carbonyl (C=O) groups is 2. The van der Waals surface area contributed by atoms with E-state index >= 15 is 0 Å². The zero-order valence-corrected chi connectivity index (χ0v) is 15.9. The summed E-state index contributed by atoms with van der Waals surface area (Å²) in [6.45, 7) is -0.0146. The number of alkyl carbamates (subject to hydrolysis) is 1. The lowest BCUT2D eigenvalue weighted by atomic mass is 10.1. The third-order valence-electron chi connectivity index (χ3n) is 3.97. The van der Waals surface area contributed by atoms with E-state index in [1.54, 1.807) is 30.3 Å². The van der Waals surface area contributed by atoms with Gasteiger partial charge >= 0.3 is 12.1 Å². The van der Waals surface area contributed by atoms with E-state index in [2.05, 4.69) is 5.32 Å². The van der Waals surface area contributed by atoms with Crippen LogP contribution in [-0.4, -0.2) is 44.5 Å². The fourth-order valence-corrected chi connectivity index (χ4v) is 2.51. The second kappa shape index (κ2) is 10.1. The molecule has 0 saturated heterocycles. The van der Waals surface area contributed by atoms with E-state index in [0.717, 1.165) is 5.56 Å². The molecule has 8 nitrogen and oxygen atoms in total. The molecule has 1 amide bonds. The van der Waals surface area contributed by atoms with Gasteiger partial charge in [-0.25, -0.2) is 9.59 Å². The van der Waals surface area contributed by atoms with Crippen molar-refractivity contribution in [2.75, 3.05) is 21.3 Å². The van der Waals surface area contributed by atoms with Crippen LogP contribution in [0.5, 0.6) is 17.2 Å². The fourth-order valence-electron chi connectivity index (χ4n) is 2.51. The molecule has 0 aromatic heterocycles. The van der Waals surface area contributed by atoms with E-state index in [0.29, 0.717) is 17.1 Å². The molecule has 2 N–H and O–H groups in total. The molecule has 0 heterocycles. The Kier molecular flexibility index (Phi) is 7.50. The molecule has 0 saturated carbocycles. The van der Waals surface area contributed by atoms with Crippen LogP contribution < -0.4 is 14.8 Å². The zero-order chi connectivity index (χ0) is 20.5. The highest BCUT2D eigenvalue weighted by molar-refractivity contribution is 5.81. The van der Waals surface area contributed by atoms with Crippen molar-refractivity contribution in [1.82, 2.24) is 5.32 Å². The molecule has 2 aromatic carbocycles. The lowest BCUT2D eigenvalue weighted by Gasteiger charge is -2.17. The lowest BCUT2D eigenvalue weighted by Crippen LogP contribution is -2.43. The molecule has 0 aliphatic heterocycles. The third-order valence-corrected chi connectivity index (χ3v) is 3.97. The minimum absolute atomic E-state index is 0.0146. The van der Waals surface area contributed by atoms with Crippen molar-refractivity contribution < 1.29 is 33.6 Å². The molecule has 150 valence electrons. The Hall–Kier alpha value is -3.42. The maximum Gasteiger partial charge on any atom is 0.408 e. The number of aromatic hydroxyl groups is 1. The summed E-state index contributed by atoms with van der Waals surface area (Å²) < 4.78 is 20.3. The molecule has 0 aliphatic carbocycles. The van der Waals surface area contributed by atoms with Crippen LogP contribution in [0, 0.1) is 0 Å². The van der Waals surface area contributed by atoms with E-state index in [1.807, 2.05) is 0 Å². The summed E-state index contributed by atoms with van der Waals surface area (Å²) in [4.78, 5) is 24.1. The number of amides is 1. The van der Waals surface area contributed by atoms with E-state index < -0.39 is 18.1 Å². The Morgan fingerprint density at radius 1 is 0.964 bits per heavy atom. The normalized spacial score (nSPS) is 11.2. The van der Waals surface area contributed by atoms with Crippen molar-refractivity contribution in [3.05, 3.63) is 53.6 Å². The number of hydrogen-bond acceptors (Lipinski definition) is 7. The molecule has 0 fully saturated rings. The van der Waals surface area contributed by atoms with Crippen LogP contribution in [-0.2, 0) is 27.3 Å². The van der Waals surface area contributed by atoms with Gasteiger partial charge in [-0.15, -0.1) is 0 Å². The maximum atomic E-state index is 12.1. The standard InChI is InChI=1S/C20H23NO7/c1-25-17-9-6-14(11-18(17)26-2)12-28-20(24)21-16(19(23)27-3)10-13-4-7-15(22)8-5-13/h4-9,11,16,22H,10,12H2,1-3H3,(H,21,24). The average Bonchev–Trinajstić information content (AvgIpc) is 2.72. The zero-order valence-electron chi connectivity index (χ0n) is 15.9. The van der Waals surface area contributed by atoms with Crippen LogP contribution in [0.1, 0.15) is 11.1 Å². The number of hydrogen-bond donors (Lipinski definition) is 2. The number of carbonyl (C=O) groups excluding carboxylic acids is 2. The van der Waals surface area contributed by atoms with Crippen molar-refractivity contribution in [1.29, 1.82) is 0 Å². The number of ether oxygens (including phenoxy) is 4. The number of phenols is 1. The first kappa shape index (κ1) is 20.9. The predicted octanol–water partition coefficient (Wildman–Crippen LogP) is 2.42. The summed E-state index contributed by atoms with van der Waals surface area (Å²) >= 11 is 0. The number of nitrogens with one attached hydrogen (secondary N) is 1. The Morgan fingerprint density at radius 2 is 1.61 bits per heavy atom. The van der Waals surface area contributed by atoms with Crippen molar-refractivity contribution in [2.45, 2.75) is 19.1 Å². The summed E-state index contributed by atoms with van der Waals surface area (Å²) in [5, 5.41) is 11.8. The van der Waals surface area contributed by atoms with Gasteiger partial charge in [0.2, 0.25) is 0 Å². The quantitative estimate of drug-likeness (QED) is 0.668. The van der Waals surface area contributed by atoms with Crippen molar-refractivity contribution in [2.24, 2.45) is 0 Å². The smallest absolute Gasteiger partial charge is 0.408 e. The summed E-state index contributed by atoms with van der Waals surface area (Å²) in [5.74, 6) is 0.593. The molecule has 28 heavy (non-hydrogen) atoms. The van der Waals surface area contributed by atoms with Crippen LogP contribution in [0.25, 0.3) is 0 Å². The summed E-state index contributed by atoms with van der Waals surface area (Å²) in [6.07, 6.45) is -0.567. The van der Waals surface area contributed by atoms with Crippen molar-refractivity contribution in [3.8, 4) is 17.2 Å². The molecule has 1 unspecified atom stereocenters. The molecule has 2 rings (SSSR count). The van der Waals surface area contributed by atoms with Crippen LogP contribution >= 0.6 is 0 Å². The van der Waals surface area contributed by atoms with Gasteiger partial charge in [0.05, 0.1) is 21.3 Å². The monoisotopic (exact) mass is 389 g/mol. The second-order valence-corrected chi connectivity index (χ2v) is 5.86. The molecule has 0 bridgehead atoms. The lowest BCUT2D eigenvalue weighted by molar-refractivity contribution is -0.143. The topological polar surface area (TPSA) is 103 Å². The van der Waals surface area contributed by atoms with Gasteiger partial charge in [0.1, 0.15) is 18.4 Å². The molecule has 0 spiro atoms. The van der Waals surface area contributed by atoms with E-state index in [1.165, 1.54) is 33.5 Å². The van der Waals surface area contributed by atoms with Crippen LogP contribution in [0.3, 0.4) is 0 Å². The molecule has 0 aliphatic rings. The molecular formula is C20H23NO7. The average molecular weight is 389 g/mol.